The number of ketones is 1. The molecule has 0 spiro atoms. The molecule has 178 valence electrons. The van der Waals surface area contributed by atoms with Gasteiger partial charge in [-0.1, -0.05) is 54.1 Å². The molecule has 5 nitrogen and oxygen atoms in total. The number of carbonyl (C=O) groups excluding carboxylic acids is 1. The van der Waals surface area contributed by atoms with Crippen LogP contribution in [0.25, 0.3) is 22.0 Å². The number of carboxylic acid groups (broad SMARTS) is 1. The minimum Gasteiger partial charge on any atom is -0.481 e. The van der Waals surface area contributed by atoms with E-state index in [0.717, 1.165) is 24.0 Å². The zero-order chi connectivity index (χ0) is 24.4. The Hall–Kier alpha value is -3.57. The Morgan fingerprint density at radius 3 is 2.40 bits per heavy atom. The Bertz CT molecular complexity index is 1390. The van der Waals surface area contributed by atoms with E-state index < -0.39 is 5.97 Å². The number of aromatic nitrogens is 1. The van der Waals surface area contributed by atoms with Crippen LogP contribution in [-0.4, -0.2) is 34.5 Å². The van der Waals surface area contributed by atoms with Crippen LogP contribution < -0.4 is 4.90 Å². The topological polar surface area (TPSA) is 62.5 Å². The van der Waals surface area contributed by atoms with Crippen LogP contribution in [0.1, 0.15) is 41.6 Å². The number of nitrogens with zero attached hydrogens (tertiary/aromatic N) is 2. The quantitative estimate of drug-likeness (QED) is 0.283. The lowest BCUT2D eigenvalue weighted by atomic mass is 10.0. The summed E-state index contributed by atoms with van der Waals surface area (Å²) in [5, 5.41) is 10.3. The predicted molar refractivity (Wildman–Crippen MR) is 141 cm³/mol. The van der Waals surface area contributed by atoms with Gasteiger partial charge in [-0.05, 0) is 53.8 Å². The molecule has 3 aromatic carbocycles. The summed E-state index contributed by atoms with van der Waals surface area (Å²) in [4.78, 5) is 26.3. The van der Waals surface area contributed by atoms with Crippen molar-refractivity contribution < 1.29 is 14.7 Å². The molecule has 1 aromatic heterocycles. The molecule has 5 rings (SSSR count). The third kappa shape index (κ3) is 4.96. The fourth-order valence-electron chi connectivity index (χ4n) is 4.92. The van der Waals surface area contributed by atoms with Crippen molar-refractivity contribution in [3.05, 3.63) is 89.1 Å². The first-order chi connectivity index (χ1) is 17.0. The zero-order valence-electron chi connectivity index (χ0n) is 19.4. The molecular formula is C29H27ClN2O3. The van der Waals surface area contributed by atoms with Crippen molar-refractivity contribution in [2.75, 3.05) is 18.0 Å². The molecule has 1 aliphatic heterocycles. The molecular weight excluding hydrogens is 460 g/mol. The molecule has 0 unspecified atom stereocenters. The molecule has 1 fully saturated rings. The van der Waals surface area contributed by atoms with Gasteiger partial charge in [-0.3, -0.25) is 9.59 Å². The van der Waals surface area contributed by atoms with E-state index in [-0.39, 0.29) is 18.6 Å². The van der Waals surface area contributed by atoms with Gasteiger partial charge in [0.1, 0.15) is 0 Å². The smallest absolute Gasteiger partial charge is 0.303 e. The highest BCUT2D eigenvalue weighted by molar-refractivity contribution is 6.31. The highest BCUT2D eigenvalue weighted by Crippen LogP contribution is 2.33. The Balaban J connectivity index is 1.55. The normalized spacial score (nSPS) is 13.5. The first-order valence-corrected chi connectivity index (χ1v) is 12.3. The first kappa shape index (κ1) is 23.2. The maximum atomic E-state index is 12.9. The number of carboxylic acids is 1. The minimum atomic E-state index is -0.978. The SMILES string of the molecule is O=C(O)CCC(=O)c1cn(Cc2ccc(-c3ccccc3)cc2N2CCCC2)c2ccc(Cl)cc12. The third-order valence-corrected chi connectivity index (χ3v) is 6.92. The molecule has 4 aromatic rings. The van der Waals surface area contributed by atoms with Crippen molar-refractivity contribution in [1.82, 2.24) is 4.57 Å². The van der Waals surface area contributed by atoms with Crippen LogP contribution in [0.3, 0.4) is 0 Å². The number of hydrogen-bond acceptors (Lipinski definition) is 3. The van der Waals surface area contributed by atoms with Gasteiger partial charge in [-0.15, -0.1) is 0 Å². The standard InChI is InChI=1S/C29H27ClN2O3/c30-23-10-11-26-24(17-23)25(28(33)12-13-29(34)35)19-32(26)18-22-9-8-21(20-6-2-1-3-7-20)16-27(22)31-14-4-5-15-31/h1-3,6-11,16-17,19H,4-5,12-15,18H2,(H,34,35). The number of halogens is 1. The van der Waals surface area contributed by atoms with E-state index in [1.807, 2.05) is 24.4 Å². The van der Waals surface area contributed by atoms with Gasteiger partial charge in [0.2, 0.25) is 0 Å². The van der Waals surface area contributed by atoms with Gasteiger partial charge < -0.3 is 14.6 Å². The van der Waals surface area contributed by atoms with Crippen molar-refractivity contribution in [2.45, 2.75) is 32.2 Å². The second-order valence-electron chi connectivity index (χ2n) is 9.05. The number of anilines is 1. The van der Waals surface area contributed by atoms with Crippen LogP contribution in [0.15, 0.2) is 72.9 Å². The number of hydrogen-bond donors (Lipinski definition) is 1. The molecule has 2 heterocycles. The van der Waals surface area contributed by atoms with E-state index in [1.54, 1.807) is 6.07 Å². The van der Waals surface area contributed by atoms with Gasteiger partial charge in [0.15, 0.2) is 5.78 Å². The molecule has 0 amide bonds. The molecule has 0 atom stereocenters. The fraction of sp³-hybridized carbons (Fsp3) is 0.241. The highest BCUT2D eigenvalue weighted by Gasteiger charge is 2.20. The molecule has 0 aliphatic carbocycles. The van der Waals surface area contributed by atoms with Crippen molar-refractivity contribution in [3.63, 3.8) is 0 Å². The van der Waals surface area contributed by atoms with Crippen molar-refractivity contribution in [1.29, 1.82) is 0 Å². The molecule has 0 bridgehead atoms. The number of carbonyl (C=O) groups is 2. The van der Waals surface area contributed by atoms with Gasteiger partial charge >= 0.3 is 5.97 Å². The van der Waals surface area contributed by atoms with Crippen molar-refractivity contribution in [2.24, 2.45) is 0 Å². The summed E-state index contributed by atoms with van der Waals surface area (Å²) in [5.74, 6) is -1.16. The van der Waals surface area contributed by atoms with Gasteiger partial charge in [0, 0.05) is 59.4 Å². The van der Waals surface area contributed by atoms with Gasteiger partial charge in [-0.25, -0.2) is 0 Å². The summed E-state index contributed by atoms with van der Waals surface area (Å²) in [6, 6.07) is 22.6. The molecule has 0 saturated carbocycles. The van der Waals surface area contributed by atoms with E-state index in [4.69, 9.17) is 16.7 Å². The van der Waals surface area contributed by atoms with E-state index in [2.05, 4.69) is 51.9 Å². The summed E-state index contributed by atoms with van der Waals surface area (Å²) >= 11 is 6.26. The van der Waals surface area contributed by atoms with Crippen LogP contribution in [0.4, 0.5) is 5.69 Å². The van der Waals surface area contributed by atoms with E-state index >= 15 is 0 Å². The summed E-state index contributed by atoms with van der Waals surface area (Å²) in [6.07, 6.45) is 3.99. The summed E-state index contributed by atoms with van der Waals surface area (Å²) in [6.45, 7) is 2.67. The number of benzene rings is 3. The van der Waals surface area contributed by atoms with Crippen molar-refractivity contribution in [3.8, 4) is 11.1 Å². The lowest BCUT2D eigenvalue weighted by Gasteiger charge is -2.23. The third-order valence-electron chi connectivity index (χ3n) is 6.69. The Morgan fingerprint density at radius 1 is 0.886 bits per heavy atom. The molecule has 35 heavy (non-hydrogen) atoms. The van der Waals surface area contributed by atoms with Crippen LogP contribution in [0.2, 0.25) is 5.02 Å². The van der Waals surface area contributed by atoms with Crippen molar-refractivity contribution >= 4 is 39.9 Å². The second-order valence-corrected chi connectivity index (χ2v) is 9.49. The van der Waals surface area contributed by atoms with Crippen LogP contribution in [0, 0.1) is 0 Å². The predicted octanol–water partition coefficient (Wildman–Crippen LogP) is 6.66. The molecule has 1 saturated heterocycles. The second kappa shape index (κ2) is 9.96. The lowest BCUT2D eigenvalue weighted by Crippen LogP contribution is -2.20. The van der Waals surface area contributed by atoms with Crippen LogP contribution in [-0.2, 0) is 11.3 Å². The largest absolute Gasteiger partial charge is 0.481 e. The molecule has 6 heteroatoms. The van der Waals surface area contributed by atoms with Gasteiger partial charge in [-0.2, -0.15) is 0 Å². The lowest BCUT2D eigenvalue weighted by molar-refractivity contribution is -0.136. The Morgan fingerprint density at radius 2 is 1.66 bits per heavy atom. The number of aliphatic carboxylic acids is 1. The molecule has 1 aliphatic rings. The summed E-state index contributed by atoms with van der Waals surface area (Å²) < 4.78 is 2.08. The van der Waals surface area contributed by atoms with E-state index in [9.17, 15) is 9.59 Å². The van der Waals surface area contributed by atoms with Crippen LogP contribution >= 0.6 is 11.6 Å². The highest BCUT2D eigenvalue weighted by atomic mass is 35.5. The molecule has 0 radical (unpaired) electrons. The average molecular weight is 487 g/mol. The van der Waals surface area contributed by atoms with Crippen LogP contribution in [0.5, 0.6) is 0 Å². The summed E-state index contributed by atoms with van der Waals surface area (Å²) in [7, 11) is 0. The minimum absolute atomic E-state index is 0.0360. The number of Topliss-reactive ketones (excluding diaryl/α,β-unsaturated/α-hetero) is 1. The maximum absolute atomic E-state index is 12.9. The average Bonchev–Trinajstić information content (AvgIpc) is 3.52. The fourth-order valence-corrected chi connectivity index (χ4v) is 5.09. The monoisotopic (exact) mass is 486 g/mol. The van der Waals surface area contributed by atoms with E-state index in [0.29, 0.717) is 17.1 Å². The maximum Gasteiger partial charge on any atom is 0.303 e. The Kier molecular flexibility index (Phi) is 6.60. The number of rotatable bonds is 8. The zero-order valence-corrected chi connectivity index (χ0v) is 20.2. The Labute approximate surface area is 209 Å². The van der Waals surface area contributed by atoms with Gasteiger partial charge in [0.25, 0.3) is 0 Å². The van der Waals surface area contributed by atoms with Gasteiger partial charge in [0.05, 0.1) is 6.42 Å². The number of fused-ring (bicyclic) bond motifs is 1. The van der Waals surface area contributed by atoms with E-state index in [1.165, 1.54) is 35.2 Å². The summed E-state index contributed by atoms with van der Waals surface area (Å²) in [5.41, 5.74) is 6.21. The first-order valence-electron chi connectivity index (χ1n) is 12.0. The molecule has 1 N–H and O–H groups in total.